The summed E-state index contributed by atoms with van der Waals surface area (Å²) in [7, 11) is -2.85. The molecule has 48 heavy (non-hydrogen) atoms. The first kappa shape index (κ1) is 36.8. The molecule has 0 spiro atoms. The quantitative estimate of drug-likeness (QED) is 0.130. The lowest BCUT2D eigenvalue weighted by molar-refractivity contribution is -0.140. The fourth-order valence-corrected chi connectivity index (χ4v) is 7.12. The lowest BCUT2D eigenvalue weighted by Crippen LogP contribution is -2.53. The number of ether oxygens (including phenoxy) is 1. The Morgan fingerprint density at radius 2 is 1.58 bits per heavy atom. The van der Waals surface area contributed by atoms with Gasteiger partial charge in [0.2, 0.25) is 11.8 Å². The molecule has 0 bridgehead atoms. The highest BCUT2D eigenvalue weighted by Crippen LogP contribution is 2.34. The minimum absolute atomic E-state index is 0.00917. The van der Waals surface area contributed by atoms with E-state index in [0.717, 1.165) is 33.8 Å². The highest BCUT2D eigenvalue weighted by molar-refractivity contribution is 7.92. The molecule has 0 aliphatic carbocycles. The molecule has 0 saturated carbocycles. The molecular formula is C37H41Cl2N3O5S. The number of amides is 2. The molecular weight excluding hydrogens is 669 g/mol. The smallest absolute Gasteiger partial charge is 0.264 e. The van der Waals surface area contributed by atoms with E-state index in [1.165, 1.54) is 24.1 Å². The molecule has 0 fully saturated rings. The Balaban J connectivity index is 1.86. The van der Waals surface area contributed by atoms with Gasteiger partial charge < -0.3 is 15.0 Å². The van der Waals surface area contributed by atoms with Gasteiger partial charge in [0, 0.05) is 29.6 Å². The number of hydrogen-bond acceptors (Lipinski definition) is 5. The van der Waals surface area contributed by atoms with Gasteiger partial charge in [0.15, 0.2) is 0 Å². The molecule has 1 N–H and O–H groups in total. The van der Waals surface area contributed by atoms with Crippen LogP contribution in [0, 0.1) is 13.8 Å². The van der Waals surface area contributed by atoms with Crippen molar-refractivity contribution in [3.8, 4) is 5.75 Å². The maximum Gasteiger partial charge on any atom is 0.264 e. The molecule has 254 valence electrons. The van der Waals surface area contributed by atoms with Crippen LogP contribution in [-0.2, 0) is 32.6 Å². The molecule has 4 aromatic rings. The van der Waals surface area contributed by atoms with Crippen LogP contribution in [0.25, 0.3) is 0 Å². The Hall–Kier alpha value is -4.05. The molecule has 2 amide bonds. The normalized spacial score (nSPS) is 11.9. The molecule has 8 nitrogen and oxygen atoms in total. The molecule has 4 rings (SSSR count). The number of benzene rings is 4. The lowest BCUT2D eigenvalue weighted by atomic mass is 10.0. The Morgan fingerprint density at radius 3 is 2.23 bits per heavy atom. The summed E-state index contributed by atoms with van der Waals surface area (Å²) in [5.41, 5.74) is 3.23. The van der Waals surface area contributed by atoms with Crippen LogP contribution >= 0.6 is 23.2 Å². The third kappa shape index (κ3) is 9.30. The van der Waals surface area contributed by atoms with Crippen LogP contribution in [0.2, 0.25) is 10.0 Å². The Kier molecular flexibility index (Phi) is 12.9. The number of aryl methyl sites for hydroxylation is 2. The zero-order valence-corrected chi connectivity index (χ0v) is 29.9. The minimum atomic E-state index is -4.30. The lowest BCUT2D eigenvalue weighted by Gasteiger charge is -2.34. The molecule has 0 heterocycles. The number of sulfonamides is 1. The summed E-state index contributed by atoms with van der Waals surface area (Å²) in [5.74, 6) is -0.687. The zero-order valence-electron chi connectivity index (χ0n) is 27.6. The van der Waals surface area contributed by atoms with E-state index in [0.29, 0.717) is 22.2 Å². The second kappa shape index (κ2) is 16.9. The summed E-state index contributed by atoms with van der Waals surface area (Å²) in [5, 5.41) is 3.71. The van der Waals surface area contributed by atoms with E-state index in [1.807, 2.05) is 51.1 Å². The van der Waals surface area contributed by atoms with Crippen molar-refractivity contribution in [2.75, 3.05) is 24.5 Å². The van der Waals surface area contributed by atoms with Gasteiger partial charge in [-0.3, -0.25) is 13.9 Å². The highest BCUT2D eigenvalue weighted by Gasteiger charge is 2.36. The van der Waals surface area contributed by atoms with Crippen molar-refractivity contribution in [2.45, 2.75) is 57.5 Å². The number of methoxy groups -OCH3 is 1. The highest BCUT2D eigenvalue weighted by atomic mass is 35.5. The molecule has 4 aromatic carbocycles. The number of hydrogen-bond donors (Lipinski definition) is 1. The fourth-order valence-electron chi connectivity index (χ4n) is 5.24. The van der Waals surface area contributed by atoms with Crippen molar-refractivity contribution in [1.29, 1.82) is 0 Å². The van der Waals surface area contributed by atoms with Crippen molar-refractivity contribution in [3.05, 3.63) is 123 Å². The Labute approximate surface area is 293 Å². The van der Waals surface area contributed by atoms with Gasteiger partial charge in [-0.2, -0.15) is 0 Å². The first-order valence-corrected chi connectivity index (χ1v) is 17.9. The molecule has 0 aliphatic heterocycles. The molecule has 0 radical (unpaired) electrons. The average Bonchev–Trinajstić information content (AvgIpc) is 3.06. The minimum Gasteiger partial charge on any atom is -0.495 e. The molecule has 0 saturated heterocycles. The number of nitrogens with zero attached hydrogens (tertiary/aromatic N) is 2. The summed E-state index contributed by atoms with van der Waals surface area (Å²) in [4.78, 5) is 30.1. The summed E-state index contributed by atoms with van der Waals surface area (Å²) in [6.07, 6.45) is 1.82. The predicted molar refractivity (Wildman–Crippen MR) is 192 cm³/mol. The van der Waals surface area contributed by atoms with E-state index in [1.54, 1.807) is 48.5 Å². The number of carbonyl (C=O) groups is 2. The first-order chi connectivity index (χ1) is 22.9. The topological polar surface area (TPSA) is 96.0 Å². The predicted octanol–water partition coefficient (Wildman–Crippen LogP) is 7.37. The maximum absolute atomic E-state index is 14.7. The number of rotatable bonds is 15. The summed E-state index contributed by atoms with van der Waals surface area (Å²) >= 11 is 12.8. The van der Waals surface area contributed by atoms with Crippen LogP contribution in [0.1, 0.15) is 42.0 Å². The number of nitrogens with one attached hydrogen (secondary N) is 1. The third-order valence-electron chi connectivity index (χ3n) is 7.95. The van der Waals surface area contributed by atoms with E-state index < -0.39 is 28.5 Å². The van der Waals surface area contributed by atoms with Gasteiger partial charge in [0.25, 0.3) is 10.0 Å². The van der Waals surface area contributed by atoms with Crippen LogP contribution < -0.4 is 14.4 Å². The first-order valence-electron chi connectivity index (χ1n) is 15.7. The molecule has 0 aliphatic rings. The van der Waals surface area contributed by atoms with Crippen molar-refractivity contribution < 1.29 is 22.7 Å². The third-order valence-corrected chi connectivity index (χ3v) is 10.3. The molecule has 0 unspecified atom stereocenters. The number of unbranched alkanes of at least 4 members (excludes halogenated alkanes) is 1. The van der Waals surface area contributed by atoms with Crippen molar-refractivity contribution >= 4 is 50.7 Å². The number of halogens is 2. The van der Waals surface area contributed by atoms with Crippen LogP contribution in [0.4, 0.5) is 5.69 Å². The van der Waals surface area contributed by atoms with Crippen molar-refractivity contribution in [1.82, 2.24) is 10.2 Å². The van der Waals surface area contributed by atoms with Gasteiger partial charge in [-0.25, -0.2) is 8.42 Å². The second-order valence-electron chi connectivity index (χ2n) is 11.6. The van der Waals surface area contributed by atoms with Gasteiger partial charge in [-0.15, -0.1) is 0 Å². The van der Waals surface area contributed by atoms with Gasteiger partial charge in [0.1, 0.15) is 18.3 Å². The van der Waals surface area contributed by atoms with Gasteiger partial charge in [-0.1, -0.05) is 96.7 Å². The van der Waals surface area contributed by atoms with E-state index in [9.17, 15) is 18.0 Å². The fraction of sp³-hybridized carbons (Fsp3) is 0.297. The van der Waals surface area contributed by atoms with Crippen LogP contribution in [-0.4, -0.2) is 51.4 Å². The molecule has 0 aromatic heterocycles. The van der Waals surface area contributed by atoms with Crippen molar-refractivity contribution in [2.24, 2.45) is 0 Å². The summed E-state index contributed by atoms with van der Waals surface area (Å²) in [6.45, 7) is 5.45. The molecule has 11 heteroatoms. The van der Waals surface area contributed by atoms with E-state index in [2.05, 4.69) is 5.32 Å². The van der Waals surface area contributed by atoms with Crippen LogP contribution in [0.5, 0.6) is 5.75 Å². The van der Waals surface area contributed by atoms with Crippen molar-refractivity contribution in [3.63, 3.8) is 0 Å². The van der Waals surface area contributed by atoms with Gasteiger partial charge >= 0.3 is 0 Å². The summed E-state index contributed by atoms with van der Waals surface area (Å²) < 4.78 is 35.4. The van der Waals surface area contributed by atoms with Gasteiger partial charge in [0.05, 0.1) is 17.7 Å². The summed E-state index contributed by atoms with van der Waals surface area (Å²) in [6, 6.07) is 24.8. The standard InChI is InChI=1S/C37H41Cl2N3O5S/c1-5-6-20-40-37(44)34(22-28-10-8-7-9-11-28)41(24-29-15-16-30(38)23-32(29)39)36(43)25-42(33-21-27(3)14-19-35(33)47-4)48(45,46)31-17-12-26(2)13-18-31/h7-19,21,23,34H,5-6,20,22,24-25H2,1-4H3,(H,40,44)/t34-/m1/s1. The van der Waals surface area contributed by atoms with E-state index in [4.69, 9.17) is 27.9 Å². The zero-order chi connectivity index (χ0) is 34.8. The van der Waals surface area contributed by atoms with Gasteiger partial charge in [-0.05, 0) is 73.4 Å². The van der Waals surface area contributed by atoms with Crippen LogP contribution in [0.3, 0.4) is 0 Å². The van der Waals surface area contributed by atoms with E-state index >= 15 is 0 Å². The Morgan fingerprint density at radius 1 is 0.896 bits per heavy atom. The monoisotopic (exact) mass is 709 g/mol. The number of anilines is 1. The maximum atomic E-state index is 14.7. The largest absolute Gasteiger partial charge is 0.495 e. The Bertz CT molecular complexity index is 1820. The molecule has 1 atom stereocenters. The SMILES string of the molecule is CCCCNC(=O)[C@@H](Cc1ccccc1)N(Cc1ccc(Cl)cc1Cl)C(=O)CN(c1cc(C)ccc1OC)S(=O)(=O)c1ccc(C)cc1. The average molecular weight is 711 g/mol. The number of carbonyl (C=O) groups excluding carboxylic acids is 2. The van der Waals surface area contributed by atoms with Crippen LogP contribution in [0.15, 0.2) is 95.9 Å². The second-order valence-corrected chi connectivity index (χ2v) is 14.3. The van der Waals surface area contributed by atoms with E-state index in [-0.39, 0.29) is 35.2 Å².